The van der Waals surface area contributed by atoms with Gasteiger partial charge in [0.1, 0.15) is 12.1 Å². The molecule has 0 spiro atoms. The summed E-state index contributed by atoms with van der Waals surface area (Å²) in [7, 11) is -3.77. The molecule has 1 aliphatic heterocycles. The van der Waals surface area contributed by atoms with Crippen LogP contribution in [0.15, 0.2) is 57.4 Å². The molecule has 1 aromatic carbocycles. The van der Waals surface area contributed by atoms with Crippen molar-refractivity contribution in [1.29, 1.82) is 0 Å². The van der Waals surface area contributed by atoms with E-state index >= 15 is 0 Å². The number of amides is 1. The van der Waals surface area contributed by atoms with Crippen LogP contribution in [0.1, 0.15) is 18.5 Å². The molecular formula is C20H20FN3O4S2. The van der Waals surface area contributed by atoms with Crippen LogP contribution < -0.4 is 5.32 Å². The van der Waals surface area contributed by atoms with Crippen LogP contribution in [-0.4, -0.2) is 36.7 Å². The zero-order valence-electron chi connectivity index (χ0n) is 16.0. The molecule has 1 unspecified atom stereocenters. The third-order valence-corrected chi connectivity index (χ3v) is 7.67. The van der Waals surface area contributed by atoms with Crippen LogP contribution in [0.3, 0.4) is 0 Å². The molecule has 1 atom stereocenters. The highest BCUT2D eigenvalue weighted by atomic mass is 32.2. The molecule has 1 N–H and O–H groups in total. The molecule has 0 saturated carbocycles. The molecular weight excluding hydrogens is 429 g/mol. The van der Waals surface area contributed by atoms with Gasteiger partial charge in [-0.1, -0.05) is 6.07 Å². The maximum atomic E-state index is 13.1. The fourth-order valence-corrected chi connectivity index (χ4v) is 5.53. The van der Waals surface area contributed by atoms with Crippen LogP contribution in [-0.2, 0) is 21.4 Å². The number of carbonyl (C=O) groups is 1. The zero-order valence-corrected chi connectivity index (χ0v) is 17.6. The van der Waals surface area contributed by atoms with E-state index in [1.54, 1.807) is 0 Å². The lowest BCUT2D eigenvalue weighted by Crippen LogP contribution is -2.45. The first-order valence-electron chi connectivity index (χ1n) is 9.45. The Bertz CT molecular complexity index is 1110. The Balaban J connectivity index is 1.37. The predicted octanol–water partition coefficient (Wildman–Crippen LogP) is 3.26. The Morgan fingerprint density at radius 3 is 2.83 bits per heavy atom. The topological polar surface area (TPSA) is 92.5 Å². The highest BCUT2D eigenvalue weighted by molar-refractivity contribution is 7.89. The molecule has 3 aromatic rings. The Morgan fingerprint density at radius 2 is 2.10 bits per heavy atom. The average Bonchev–Trinajstić information content (AvgIpc) is 3.44. The third kappa shape index (κ3) is 4.45. The Labute approximate surface area is 177 Å². The van der Waals surface area contributed by atoms with E-state index in [0.717, 1.165) is 17.0 Å². The van der Waals surface area contributed by atoms with Crippen molar-refractivity contribution in [3.05, 3.63) is 59.6 Å². The standard InChI is InChI=1S/C20H20FN3O4S2/c21-15-5-7-17(8-6-15)30(26,27)24-9-1-3-14(12-24)19(25)22-11-16-13-28-20(23-16)18-4-2-10-29-18/h2,4-8,10,13-14H,1,3,9,11-12H2,(H,22,25). The number of oxazole rings is 1. The van der Waals surface area contributed by atoms with Crippen molar-refractivity contribution in [2.24, 2.45) is 5.92 Å². The number of nitrogens with zero attached hydrogens (tertiary/aromatic N) is 2. The van der Waals surface area contributed by atoms with E-state index < -0.39 is 21.8 Å². The lowest BCUT2D eigenvalue weighted by molar-refractivity contribution is -0.126. The minimum atomic E-state index is -3.77. The maximum absolute atomic E-state index is 13.1. The molecule has 0 radical (unpaired) electrons. The van der Waals surface area contributed by atoms with Gasteiger partial charge in [-0.15, -0.1) is 11.3 Å². The van der Waals surface area contributed by atoms with Crippen molar-refractivity contribution in [2.45, 2.75) is 24.3 Å². The lowest BCUT2D eigenvalue weighted by atomic mass is 9.99. The van der Waals surface area contributed by atoms with Crippen molar-refractivity contribution >= 4 is 27.3 Å². The van der Waals surface area contributed by atoms with Crippen molar-refractivity contribution in [2.75, 3.05) is 13.1 Å². The van der Waals surface area contributed by atoms with E-state index in [9.17, 15) is 17.6 Å². The van der Waals surface area contributed by atoms with E-state index in [1.165, 1.54) is 34.0 Å². The van der Waals surface area contributed by atoms with Crippen LogP contribution in [0.25, 0.3) is 10.8 Å². The molecule has 1 fully saturated rings. The van der Waals surface area contributed by atoms with Crippen LogP contribution in [0.2, 0.25) is 0 Å². The van der Waals surface area contributed by atoms with Crippen molar-refractivity contribution in [3.63, 3.8) is 0 Å². The van der Waals surface area contributed by atoms with Crippen molar-refractivity contribution in [3.8, 4) is 10.8 Å². The van der Waals surface area contributed by atoms with Gasteiger partial charge >= 0.3 is 0 Å². The number of sulfonamides is 1. The molecule has 0 aliphatic carbocycles. The first kappa shape index (κ1) is 20.7. The highest BCUT2D eigenvalue weighted by Crippen LogP contribution is 2.25. The molecule has 2 aromatic heterocycles. The number of hydrogen-bond acceptors (Lipinski definition) is 6. The molecule has 3 heterocycles. The Kier molecular flexibility index (Phi) is 5.98. The first-order chi connectivity index (χ1) is 14.4. The maximum Gasteiger partial charge on any atom is 0.243 e. The second-order valence-corrected chi connectivity index (χ2v) is 9.88. The van der Waals surface area contributed by atoms with Crippen LogP contribution in [0, 0.1) is 11.7 Å². The van der Waals surface area contributed by atoms with Gasteiger partial charge in [-0.3, -0.25) is 4.79 Å². The van der Waals surface area contributed by atoms with Gasteiger partial charge in [0.25, 0.3) is 0 Å². The molecule has 1 saturated heterocycles. The second-order valence-electron chi connectivity index (χ2n) is 7.00. The normalized spacial score (nSPS) is 17.7. The number of rotatable bonds is 6. The fourth-order valence-electron chi connectivity index (χ4n) is 3.35. The van der Waals surface area contributed by atoms with Crippen LogP contribution in [0.5, 0.6) is 0 Å². The van der Waals surface area contributed by atoms with Gasteiger partial charge in [0, 0.05) is 13.1 Å². The summed E-state index contributed by atoms with van der Waals surface area (Å²) in [6, 6.07) is 8.51. The van der Waals surface area contributed by atoms with Crippen molar-refractivity contribution in [1.82, 2.24) is 14.6 Å². The molecule has 30 heavy (non-hydrogen) atoms. The average molecular weight is 450 g/mol. The Morgan fingerprint density at radius 1 is 1.30 bits per heavy atom. The number of piperidine rings is 1. The number of hydrogen-bond donors (Lipinski definition) is 1. The van der Waals surface area contributed by atoms with Crippen LogP contribution >= 0.6 is 11.3 Å². The summed E-state index contributed by atoms with van der Waals surface area (Å²) in [5.41, 5.74) is 0.596. The van der Waals surface area contributed by atoms with Crippen LogP contribution in [0.4, 0.5) is 4.39 Å². The quantitative estimate of drug-likeness (QED) is 0.624. The van der Waals surface area contributed by atoms with Gasteiger partial charge in [-0.2, -0.15) is 4.31 Å². The van der Waals surface area contributed by atoms with Gasteiger partial charge < -0.3 is 9.73 Å². The summed E-state index contributed by atoms with van der Waals surface area (Å²) >= 11 is 1.51. The molecule has 1 amide bonds. The number of aromatic nitrogens is 1. The van der Waals surface area contributed by atoms with Gasteiger partial charge in [0.05, 0.1) is 27.9 Å². The predicted molar refractivity (Wildman–Crippen MR) is 110 cm³/mol. The molecule has 7 nitrogen and oxygen atoms in total. The Hall–Kier alpha value is -2.56. The third-order valence-electron chi connectivity index (χ3n) is 4.93. The van der Waals surface area contributed by atoms with E-state index in [0.29, 0.717) is 31.0 Å². The van der Waals surface area contributed by atoms with Crippen molar-refractivity contribution < 1.29 is 22.0 Å². The molecule has 0 bridgehead atoms. The first-order valence-corrected chi connectivity index (χ1v) is 11.8. The van der Waals surface area contributed by atoms with Gasteiger partial charge in [0.15, 0.2) is 0 Å². The minimum absolute atomic E-state index is 0.0219. The van der Waals surface area contributed by atoms with E-state index in [-0.39, 0.29) is 23.9 Å². The summed E-state index contributed by atoms with van der Waals surface area (Å²) < 4.78 is 45.5. The molecule has 158 valence electrons. The molecule has 10 heteroatoms. The zero-order chi connectivity index (χ0) is 21.1. The monoisotopic (exact) mass is 449 g/mol. The smallest absolute Gasteiger partial charge is 0.243 e. The van der Waals surface area contributed by atoms with E-state index in [1.807, 2.05) is 17.5 Å². The minimum Gasteiger partial charge on any atom is -0.443 e. The number of thiophene rings is 1. The molecule has 1 aliphatic rings. The lowest BCUT2D eigenvalue weighted by Gasteiger charge is -2.31. The number of benzene rings is 1. The summed E-state index contributed by atoms with van der Waals surface area (Å²) in [6.07, 6.45) is 2.67. The number of halogens is 1. The summed E-state index contributed by atoms with van der Waals surface area (Å²) in [5.74, 6) is -0.684. The largest absolute Gasteiger partial charge is 0.443 e. The van der Waals surface area contributed by atoms with Gasteiger partial charge in [-0.25, -0.2) is 17.8 Å². The van der Waals surface area contributed by atoms with Gasteiger partial charge in [0.2, 0.25) is 21.8 Å². The SMILES string of the molecule is O=C(NCc1coc(-c2cccs2)n1)C1CCCN(S(=O)(=O)c2ccc(F)cc2)C1. The second kappa shape index (κ2) is 8.66. The highest BCUT2D eigenvalue weighted by Gasteiger charge is 2.33. The molecule has 4 rings (SSSR count). The number of carbonyl (C=O) groups excluding carboxylic acids is 1. The van der Waals surface area contributed by atoms with E-state index in [4.69, 9.17) is 4.42 Å². The fraction of sp³-hybridized carbons (Fsp3) is 0.300. The summed E-state index contributed by atoms with van der Waals surface area (Å²) in [6.45, 7) is 0.622. The van der Waals surface area contributed by atoms with E-state index in [2.05, 4.69) is 10.3 Å². The van der Waals surface area contributed by atoms with Gasteiger partial charge in [-0.05, 0) is 48.6 Å². The summed E-state index contributed by atoms with van der Waals surface area (Å²) in [5, 5.41) is 4.74. The summed E-state index contributed by atoms with van der Waals surface area (Å²) in [4.78, 5) is 17.9. The number of nitrogens with one attached hydrogen (secondary N) is 1.